The van der Waals surface area contributed by atoms with Crippen LogP contribution in [0.1, 0.15) is 38.2 Å². The van der Waals surface area contributed by atoms with Gasteiger partial charge in [-0.3, -0.25) is 0 Å². The van der Waals surface area contributed by atoms with Crippen LogP contribution in [0, 0.1) is 5.92 Å². The highest BCUT2D eigenvalue weighted by Gasteiger charge is 2.15. The van der Waals surface area contributed by atoms with E-state index in [1.54, 1.807) is 17.7 Å². The summed E-state index contributed by atoms with van der Waals surface area (Å²) in [5, 5.41) is 12.2. The first-order chi connectivity index (χ1) is 9.20. The Kier molecular flexibility index (Phi) is 5.10. The second-order valence-corrected chi connectivity index (χ2v) is 5.90. The Labute approximate surface area is 118 Å². The van der Waals surface area contributed by atoms with E-state index in [1.165, 1.54) is 5.56 Å². The van der Waals surface area contributed by atoms with Crippen molar-refractivity contribution in [1.82, 2.24) is 20.1 Å². The van der Waals surface area contributed by atoms with Gasteiger partial charge in [0.1, 0.15) is 12.2 Å². The second-order valence-electron chi connectivity index (χ2n) is 5.12. The maximum Gasteiger partial charge on any atom is 0.138 e. The van der Waals surface area contributed by atoms with E-state index >= 15 is 0 Å². The molecular weight excluding hydrogens is 256 g/mol. The van der Waals surface area contributed by atoms with Crippen molar-refractivity contribution in [2.24, 2.45) is 5.92 Å². The van der Waals surface area contributed by atoms with Crippen LogP contribution in [-0.2, 0) is 13.0 Å². The van der Waals surface area contributed by atoms with E-state index in [1.807, 2.05) is 4.68 Å². The van der Waals surface area contributed by atoms with Gasteiger partial charge in [0.05, 0.1) is 0 Å². The minimum Gasteiger partial charge on any atom is -0.310 e. The molecular formula is C14H22N4S. The fourth-order valence-electron chi connectivity index (χ4n) is 2.15. The monoisotopic (exact) mass is 278 g/mol. The predicted molar refractivity (Wildman–Crippen MR) is 79.3 cm³/mol. The lowest BCUT2D eigenvalue weighted by atomic mass is 10.1. The molecule has 0 saturated heterocycles. The number of nitrogens with one attached hydrogen (secondary N) is 1. The zero-order chi connectivity index (χ0) is 13.7. The molecule has 0 fully saturated rings. The Morgan fingerprint density at radius 3 is 2.89 bits per heavy atom. The lowest BCUT2D eigenvalue weighted by Gasteiger charge is -2.17. The van der Waals surface area contributed by atoms with E-state index in [0.29, 0.717) is 12.0 Å². The van der Waals surface area contributed by atoms with Crippen LogP contribution in [0.2, 0.25) is 0 Å². The van der Waals surface area contributed by atoms with Gasteiger partial charge >= 0.3 is 0 Å². The van der Waals surface area contributed by atoms with E-state index < -0.39 is 0 Å². The van der Waals surface area contributed by atoms with Crippen LogP contribution in [0.15, 0.2) is 23.2 Å². The number of aromatic nitrogens is 3. The Bertz CT molecular complexity index is 475. The molecule has 0 aliphatic heterocycles. The molecule has 2 rings (SSSR count). The topological polar surface area (TPSA) is 42.7 Å². The highest BCUT2D eigenvalue weighted by molar-refractivity contribution is 7.07. The molecule has 4 nitrogen and oxygen atoms in total. The van der Waals surface area contributed by atoms with Crippen LogP contribution < -0.4 is 5.32 Å². The summed E-state index contributed by atoms with van der Waals surface area (Å²) in [4.78, 5) is 4.42. The molecule has 0 aliphatic rings. The normalized spacial score (nSPS) is 13.1. The smallest absolute Gasteiger partial charge is 0.138 e. The van der Waals surface area contributed by atoms with Crippen molar-refractivity contribution in [2.75, 3.05) is 6.54 Å². The zero-order valence-corrected chi connectivity index (χ0v) is 12.7. The fourth-order valence-corrected chi connectivity index (χ4v) is 2.87. The van der Waals surface area contributed by atoms with Crippen LogP contribution in [-0.4, -0.2) is 21.3 Å². The molecule has 2 heterocycles. The molecule has 104 valence electrons. The van der Waals surface area contributed by atoms with Crippen LogP contribution in [0.5, 0.6) is 0 Å². The molecule has 0 saturated carbocycles. The Hall–Kier alpha value is -1.20. The number of likely N-dealkylation sites (N-methyl/N-ethyl adjacent to an activating group) is 1. The highest BCUT2D eigenvalue weighted by Crippen LogP contribution is 2.20. The maximum absolute atomic E-state index is 4.42. The number of hydrogen-bond donors (Lipinski definition) is 1. The summed E-state index contributed by atoms with van der Waals surface area (Å²) in [7, 11) is 0. The van der Waals surface area contributed by atoms with Crippen molar-refractivity contribution < 1.29 is 0 Å². The first kappa shape index (κ1) is 14.2. The van der Waals surface area contributed by atoms with Crippen molar-refractivity contribution in [2.45, 2.75) is 39.8 Å². The summed E-state index contributed by atoms with van der Waals surface area (Å²) in [5.74, 6) is 1.64. The minimum absolute atomic E-state index is 0.325. The van der Waals surface area contributed by atoms with Gasteiger partial charge in [0, 0.05) is 19.0 Å². The van der Waals surface area contributed by atoms with Crippen LogP contribution in [0.25, 0.3) is 0 Å². The molecule has 1 N–H and O–H groups in total. The van der Waals surface area contributed by atoms with Crippen molar-refractivity contribution in [1.29, 1.82) is 0 Å². The number of rotatable bonds is 7. The lowest BCUT2D eigenvalue weighted by Crippen LogP contribution is -2.24. The van der Waals surface area contributed by atoms with Gasteiger partial charge in [-0.25, -0.2) is 9.67 Å². The number of thiophene rings is 1. The summed E-state index contributed by atoms with van der Waals surface area (Å²) < 4.78 is 2.03. The van der Waals surface area contributed by atoms with Gasteiger partial charge in [-0.2, -0.15) is 16.4 Å². The third-order valence-corrected chi connectivity index (χ3v) is 3.72. The molecule has 0 aromatic carbocycles. The van der Waals surface area contributed by atoms with Gasteiger partial charge < -0.3 is 5.32 Å². The molecule has 0 radical (unpaired) electrons. The number of hydrogen-bond acceptors (Lipinski definition) is 4. The molecule has 2 aromatic heterocycles. The largest absolute Gasteiger partial charge is 0.310 e. The molecule has 0 amide bonds. The van der Waals surface area contributed by atoms with E-state index in [4.69, 9.17) is 0 Å². The van der Waals surface area contributed by atoms with Gasteiger partial charge in [0.2, 0.25) is 0 Å². The molecule has 5 heteroatoms. The van der Waals surface area contributed by atoms with Crippen molar-refractivity contribution >= 4 is 11.3 Å². The SMILES string of the molecule is CCNC(Cc1ncnn1CC(C)C)c1ccsc1. The zero-order valence-electron chi connectivity index (χ0n) is 11.8. The molecule has 2 aromatic rings. The first-order valence-electron chi connectivity index (χ1n) is 6.82. The van der Waals surface area contributed by atoms with Crippen LogP contribution in [0.4, 0.5) is 0 Å². The quantitative estimate of drug-likeness (QED) is 0.847. The third-order valence-electron chi connectivity index (χ3n) is 3.02. The average molecular weight is 278 g/mol. The summed E-state index contributed by atoms with van der Waals surface area (Å²) in [5.41, 5.74) is 1.34. The summed E-state index contributed by atoms with van der Waals surface area (Å²) in [6.45, 7) is 8.42. The van der Waals surface area contributed by atoms with Gasteiger partial charge in [0.15, 0.2) is 0 Å². The predicted octanol–water partition coefficient (Wildman–Crippen LogP) is 2.89. The van der Waals surface area contributed by atoms with Crippen molar-refractivity contribution in [3.8, 4) is 0 Å². The molecule has 0 spiro atoms. The van der Waals surface area contributed by atoms with E-state index in [9.17, 15) is 0 Å². The van der Waals surface area contributed by atoms with Crippen LogP contribution in [0.3, 0.4) is 0 Å². The molecule has 0 bridgehead atoms. The molecule has 1 atom stereocenters. The Morgan fingerprint density at radius 2 is 2.26 bits per heavy atom. The third kappa shape index (κ3) is 3.88. The maximum atomic E-state index is 4.42. The second kappa shape index (κ2) is 6.82. The minimum atomic E-state index is 0.325. The van der Waals surface area contributed by atoms with Gasteiger partial charge in [-0.1, -0.05) is 20.8 Å². The Morgan fingerprint density at radius 1 is 1.42 bits per heavy atom. The van der Waals surface area contributed by atoms with Gasteiger partial charge in [0.25, 0.3) is 0 Å². The van der Waals surface area contributed by atoms with Gasteiger partial charge in [-0.05, 0) is 34.9 Å². The van der Waals surface area contributed by atoms with Crippen LogP contribution >= 0.6 is 11.3 Å². The van der Waals surface area contributed by atoms with Gasteiger partial charge in [-0.15, -0.1) is 0 Å². The van der Waals surface area contributed by atoms with E-state index in [2.05, 4.69) is 53.0 Å². The standard InChI is InChI=1S/C14H22N4S/c1-4-15-13(12-5-6-19-9-12)7-14-16-10-17-18(14)8-11(2)3/h5-6,9-11,13,15H,4,7-8H2,1-3H3. The fraction of sp³-hybridized carbons (Fsp3) is 0.571. The molecule has 19 heavy (non-hydrogen) atoms. The average Bonchev–Trinajstić information content (AvgIpc) is 3.00. The molecule has 1 unspecified atom stereocenters. The summed E-state index contributed by atoms with van der Waals surface area (Å²) in [6.07, 6.45) is 2.55. The lowest BCUT2D eigenvalue weighted by molar-refractivity contribution is 0.447. The van der Waals surface area contributed by atoms with E-state index in [-0.39, 0.29) is 0 Å². The number of nitrogens with zero attached hydrogens (tertiary/aromatic N) is 3. The highest BCUT2D eigenvalue weighted by atomic mass is 32.1. The van der Waals surface area contributed by atoms with Crippen molar-refractivity contribution in [3.05, 3.63) is 34.5 Å². The van der Waals surface area contributed by atoms with E-state index in [0.717, 1.165) is 25.3 Å². The first-order valence-corrected chi connectivity index (χ1v) is 7.77. The summed E-state index contributed by atoms with van der Waals surface area (Å²) in [6, 6.07) is 2.51. The Balaban J connectivity index is 2.11. The van der Waals surface area contributed by atoms with Crippen molar-refractivity contribution in [3.63, 3.8) is 0 Å². The molecule has 0 aliphatic carbocycles. The summed E-state index contributed by atoms with van der Waals surface area (Å²) >= 11 is 1.74.